The molecule has 0 fully saturated rings. The number of aromatic nitrogens is 2. The maximum atomic E-state index is 12.1. The van der Waals surface area contributed by atoms with E-state index in [0.717, 1.165) is 0 Å². The molecule has 6 heteroatoms. The number of nitrogens with one attached hydrogen (secondary N) is 2. The molecular weight excluding hydrogens is 256 g/mol. The maximum Gasteiger partial charge on any atom is 0.293 e. The van der Waals surface area contributed by atoms with E-state index in [-0.39, 0.29) is 23.8 Å². The Morgan fingerprint density at radius 2 is 2.00 bits per heavy atom. The molecule has 1 amide bonds. The van der Waals surface area contributed by atoms with Crippen molar-refractivity contribution in [1.29, 1.82) is 0 Å². The molecule has 0 spiro atoms. The molecular formula is C14H24N4O2. The topological polar surface area (TPSA) is 76.0 Å². The van der Waals surface area contributed by atoms with Gasteiger partial charge in [0.1, 0.15) is 0 Å². The first kappa shape index (κ1) is 16.2. The number of amides is 1. The van der Waals surface area contributed by atoms with E-state index in [1.807, 2.05) is 27.7 Å². The Kier molecular flexibility index (Phi) is 6.21. The monoisotopic (exact) mass is 280 g/mol. The SMILES string of the molecule is CC(C)CNC(=O)CNc1nccn(CC(C)C)c1=O. The predicted octanol–water partition coefficient (Wildman–Crippen LogP) is 1.08. The quantitative estimate of drug-likeness (QED) is 0.783. The van der Waals surface area contributed by atoms with Gasteiger partial charge >= 0.3 is 0 Å². The van der Waals surface area contributed by atoms with Gasteiger partial charge in [0.05, 0.1) is 6.54 Å². The third-order valence-corrected chi connectivity index (χ3v) is 2.60. The zero-order valence-corrected chi connectivity index (χ0v) is 12.6. The highest BCUT2D eigenvalue weighted by atomic mass is 16.2. The average Bonchev–Trinajstić information content (AvgIpc) is 2.37. The van der Waals surface area contributed by atoms with Crippen molar-refractivity contribution in [3.05, 3.63) is 22.7 Å². The fraction of sp³-hybridized carbons (Fsp3) is 0.643. The van der Waals surface area contributed by atoms with Crippen molar-refractivity contribution in [3.8, 4) is 0 Å². The van der Waals surface area contributed by atoms with Gasteiger partial charge < -0.3 is 15.2 Å². The molecule has 1 aromatic rings. The van der Waals surface area contributed by atoms with Gasteiger partial charge in [-0.3, -0.25) is 9.59 Å². The van der Waals surface area contributed by atoms with Crippen LogP contribution in [0.2, 0.25) is 0 Å². The first-order chi connectivity index (χ1) is 9.40. The standard InChI is InChI=1S/C14H24N4O2/c1-10(2)7-16-12(19)8-17-13-14(20)18(6-5-15-13)9-11(3)4/h5-6,10-11H,7-9H2,1-4H3,(H,15,17)(H,16,19). The summed E-state index contributed by atoms with van der Waals surface area (Å²) in [4.78, 5) is 27.7. The molecule has 0 atom stereocenters. The zero-order chi connectivity index (χ0) is 15.1. The number of rotatable bonds is 7. The normalized spacial score (nSPS) is 10.9. The molecule has 0 bridgehead atoms. The van der Waals surface area contributed by atoms with Crippen LogP contribution in [0.5, 0.6) is 0 Å². The van der Waals surface area contributed by atoms with Gasteiger partial charge in [-0.1, -0.05) is 27.7 Å². The fourth-order valence-corrected chi connectivity index (χ4v) is 1.65. The van der Waals surface area contributed by atoms with E-state index < -0.39 is 0 Å². The summed E-state index contributed by atoms with van der Waals surface area (Å²) >= 11 is 0. The molecule has 6 nitrogen and oxygen atoms in total. The van der Waals surface area contributed by atoms with Crippen molar-refractivity contribution in [2.24, 2.45) is 11.8 Å². The van der Waals surface area contributed by atoms with Crippen LogP contribution in [0.4, 0.5) is 5.82 Å². The van der Waals surface area contributed by atoms with Crippen LogP contribution < -0.4 is 16.2 Å². The Bertz CT molecular complexity index is 494. The Morgan fingerprint density at radius 3 is 2.60 bits per heavy atom. The molecule has 1 heterocycles. The van der Waals surface area contributed by atoms with Gasteiger partial charge in [-0.2, -0.15) is 0 Å². The molecule has 0 radical (unpaired) electrons. The van der Waals surface area contributed by atoms with Crippen LogP contribution in [-0.2, 0) is 11.3 Å². The highest BCUT2D eigenvalue weighted by molar-refractivity contribution is 5.80. The van der Waals surface area contributed by atoms with Crippen molar-refractivity contribution in [2.75, 3.05) is 18.4 Å². The largest absolute Gasteiger partial charge is 0.356 e. The maximum absolute atomic E-state index is 12.1. The van der Waals surface area contributed by atoms with Crippen molar-refractivity contribution in [1.82, 2.24) is 14.9 Å². The van der Waals surface area contributed by atoms with Crippen LogP contribution in [0.15, 0.2) is 17.2 Å². The summed E-state index contributed by atoms with van der Waals surface area (Å²) in [6, 6.07) is 0. The van der Waals surface area contributed by atoms with E-state index in [2.05, 4.69) is 15.6 Å². The number of hydrogen-bond acceptors (Lipinski definition) is 4. The van der Waals surface area contributed by atoms with Crippen molar-refractivity contribution >= 4 is 11.7 Å². The predicted molar refractivity (Wildman–Crippen MR) is 79.7 cm³/mol. The van der Waals surface area contributed by atoms with E-state index in [4.69, 9.17) is 0 Å². The number of carbonyl (C=O) groups is 1. The molecule has 0 saturated carbocycles. The molecule has 0 aliphatic heterocycles. The van der Waals surface area contributed by atoms with Gasteiger partial charge in [-0.05, 0) is 11.8 Å². The second-order valence-corrected chi connectivity index (χ2v) is 5.68. The lowest BCUT2D eigenvalue weighted by atomic mass is 10.2. The summed E-state index contributed by atoms with van der Waals surface area (Å²) in [6.45, 7) is 9.45. The van der Waals surface area contributed by atoms with Gasteiger partial charge in [0.25, 0.3) is 5.56 Å². The second kappa shape index (κ2) is 7.67. The Balaban J connectivity index is 2.60. The molecule has 1 aromatic heterocycles. The van der Waals surface area contributed by atoms with Crippen molar-refractivity contribution in [2.45, 2.75) is 34.2 Å². The summed E-state index contributed by atoms with van der Waals surface area (Å²) in [7, 11) is 0. The van der Waals surface area contributed by atoms with Crippen LogP contribution >= 0.6 is 0 Å². The number of anilines is 1. The first-order valence-corrected chi connectivity index (χ1v) is 6.96. The molecule has 0 aliphatic rings. The minimum atomic E-state index is -0.196. The Labute approximate surface area is 119 Å². The zero-order valence-electron chi connectivity index (χ0n) is 12.6. The molecule has 0 saturated heterocycles. The summed E-state index contributed by atoms with van der Waals surface area (Å²) in [6.07, 6.45) is 3.23. The fourth-order valence-electron chi connectivity index (χ4n) is 1.65. The van der Waals surface area contributed by atoms with Gasteiger partial charge in [0.2, 0.25) is 5.91 Å². The first-order valence-electron chi connectivity index (χ1n) is 6.96. The van der Waals surface area contributed by atoms with Gasteiger partial charge in [0, 0.05) is 25.5 Å². The number of nitrogens with zero attached hydrogens (tertiary/aromatic N) is 2. The highest BCUT2D eigenvalue weighted by Gasteiger charge is 2.08. The average molecular weight is 280 g/mol. The van der Waals surface area contributed by atoms with E-state index in [1.54, 1.807) is 17.0 Å². The highest BCUT2D eigenvalue weighted by Crippen LogP contribution is 1.98. The second-order valence-electron chi connectivity index (χ2n) is 5.68. The summed E-state index contributed by atoms with van der Waals surface area (Å²) in [5, 5.41) is 5.57. The molecule has 0 aliphatic carbocycles. The van der Waals surface area contributed by atoms with Crippen LogP contribution in [0.25, 0.3) is 0 Å². The summed E-state index contributed by atoms with van der Waals surface area (Å²) in [5.41, 5.74) is -0.196. The third-order valence-electron chi connectivity index (χ3n) is 2.60. The van der Waals surface area contributed by atoms with Crippen LogP contribution in [0.1, 0.15) is 27.7 Å². The van der Waals surface area contributed by atoms with Crippen LogP contribution in [0.3, 0.4) is 0 Å². The van der Waals surface area contributed by atoms with Gasteiger partial charge in [-0.25, -0.2) is 4.98 Å². The lowest BCUT2D eigenvalue weighted by molar-refractivity contribution is -0.119. The van der Waals surface area contributed by atoms with Crippen molar-refractivity contribution < 1.29 is 4.79 Å². The third kappa shape index (κ3) is 5.42. The van der Waals surface area contributed by atoms with Crippen LogP contribution in [0, 0.1) is 11.8 Å². The van der Waals surface area contributed by atoms with E-state index >= 15 is 0 Å². The Hall–Kier alpha value is -1.85. The number of hydrogen-bond donors (Lipinski definition) is 2. The van der Waals surface area contributed by atoms with Crippen molar-refractivity contribution in [3.63, 3.8) is 0 Å². The summed E-state index contributed by atoms with van der Waals surface area (Å²) in [5.74, 6) is 0.848. The molecule has 20 heavy (non-hydrogen) atoms. The molecule has 112 valence electrons. The molecule has 0 aromatic carbocycles. The van der Waals surface area contributed by atoms with Gasteiger partial charge in [-0.15, -0.1) is 0 Å². The van der Waals surface area contributed by atoms with E-state index in [0.29, 0.717) is 24.9 Å². The lowest BCUT2D eigenvalue weighted by Crippen LogP contribution is -2.34. The minimum absolute atomic E-state index is 0.0562. The Morgan fingerprint density at radius 1 is 1.30 bits per heavy atom. The molecule has 2 N–H and O–H groups in total. The van der Waals surface area contributed by atoms with E-state index in [9.17, 15) is 9.59 Å². The summed E-state index contributed by atoms with van der Waals surface area (Å²) < 4.78 is 1.60. The lowest BCUT2D eigenvalue weighted by Gasteiger charge is -2.11. The molecule has 0 unspecified atom stereocenters. The van der Waals surface area contributed by atoms with Gasteiger partial charge in [0.15, 0.2) is 5.82 Å². The van der Waals surface area contributed by atoms with Crippen LogP contribution in [-0.4, -0.2) is 28.5 Å². The minimum Gasteiger partial charge on any atom is -0.356 e. The smallest absolute Gasteiger partial charge is 0.293 e. The van der Waals surface area contributed by atoms with E-state index in [1.165, 1.54) is 0 Å². The molecule has 1 rings (SSSR count). The number of carbonyl (C=O) groups excluding carboxylic acids is 1.